The molecule has 3 nitrogen and oxygen atoms in total. The van der Waals surface area contributed by atoms with E-state index in [1.807, 2.05) is 24.3 Å². The van der Waals surface area contributed by atoms with E-state index >= 15 is 0 Å². The van der Waals surface area contributed by atoms with E-state index < -0.39 is 0 Å². The van der Waals surface area contributed by atoms with Gasteiger partial charge in [-0.25, -0.2) is 0 Å². The molecule has 0 atom stereocenters. The van der Waals surface area contributed by atoms with Gasteiger partial charge in [0, 0.05) is 30.7 Å². The summed E-state index contributed by atoms with van der Waals surface area (Å²) in [5, 5.41) is 3.86. The van der Waals surface area contributed by atoms with E-state index in [4.69, 9.17) is 11.6 Å². The molecule has 21 heavy (non-hydrogen) atoms. The van der Waals surface area contributed by atoms with E-state index in [1.165, 1.54) is 0 Å². The van der Waals surface area contributed by atoms with Gasteiger partial charge in [-0.2, -0.15) is 0 Å². The second-order valence-corrected chi connectivity index (χ2v) is 6.20. The Bertz CT molecular complexity index is 658. The molecule has 2 aromatic carbocycles. The van der Waals surface area contributed by atoms with Gasteiger partial charge in [-0.15, -0.1) is 0 Å². The molecule has 2 rings (SSSR count). The van der Waals surface area contributed by atoms with Crippen molar-refractivity contribution in [2.24, 2.45) is 0 Å². The summed E-state index contributed by atoms with van der Waals surface area (Å²) in [6.45, 7) is 0.638. The topological polar surface area (TPSA) is 32.3 Å². The first-order valence-corrected chi connectivity index (χ1v) is 7.64. The van der Waals surface area contributed by atoms with Crippen LogP contribution in [-0.2, 0) is 6.54 Å². The van der Waals surface area contributed by atoms with E-state index in [2.05, 4.69) is 21.2 Å². The van der Waals surface area contributed by atoms with Crippen molar-refractivity contribution >= 4 is 39.1 Å². The first kappa shape index (κ1) is 15.9. The molecule has 0 unspecified atom stereocenters. The number of carbonyl (C=O) groups is 1. The Hall–Kier alpha value is -1.52. The standard InChI is InChI=1S/C16H16BrClN2O/c1-20(2)16(21)12-6-7-14(18)15(9-12)19-10-11-4-3-5-13(17)8-11/h3-9,19H,10H2,1-2H3. The fraction of sp³-hybridized carbons (Fsp3) is 0.188. The highest BCUT2D eigenvalue weighted by Gasteiger charge is 2.10. The quantitative estimate of drug-likeness (QED) is 0.868. The summed E-state index contributed by atoms with van der Waals surface area (Å²) < 4.78 is 1.03. The van der Waals surface area contributed by atoms with Gasteiger partial charge in [-0.05, 0) is 35.9 Å². The minimum Gasteiger partial charge on any atom is -0.380 e. The number of benzene rings is 2. The van der Waals surface area contributed by atoms with E-state index in [9.17, 15) is 4.79 Å². The van der Waals surface area contributed by atoms with Crippen molar-refractivity contribution in [1.82, 2.24) is 4.90 Å². The Kier molecular flexibility index (Phi) is 5.26. The maximum atomic E-state index is 12.0. The van der Waals surface area contributed by atoms with Crippen molar-refractivity contribution in [2.75, 3.05) is 19.4 Å². The molecule has 0 radical (unpaired) electrons. The molecule has 1 N–H and O–H groups in total. The molecule has 2 aromatic rings. The molecule has 0 aromatic heterocycles. The Morgan fingerprint density at radius 2 is 2.00 bits per heavy atom. The summed E-state index contributed by atoms with van der Waals surface area (Å²) in [4.78, 5) is 13.5. The average molecular weight is 368 g/mol. The number of anilines is 1. The van der Waals surface area contributed by atoms with Crippen LogP contribution in [0.5, 0.6) is 0 Å². The first-order valence-electron chi connectivity index (χ1n) is 6.47. The van der Waals surface area contributed by atoms with Crippen LogP contribution in [-0.4, -0.2) is 24.9 Å². The van der Waals surface area contributed by atoms with E-state index in [0.29, 0.717) is 17.1 Å². The minimum atomic E-state index is -0.0443. The second kappa shape index (κ2) is 6.96. The van der Waals surface area contributed by atoms with E-state index in [-0.39, 0.29) is 5.91 Å². The monoisotopic (exact) mass is 366 g/mol. The van der Waals surface area contributed by atoms with Gasteiger partial charge in [-0.1, -0.05) is 39.7 Å². The van der Waals surface area contributed by atoms with E-state index in [1.54, 1.807) is 37.2 Å². The number of hydrogen-bond acceptors (Lipinski definition) is 2. The van der Waals surface area contributed by atoms with Gasteiger partial charge < -0.3 is 10.2 Å². The zero-order valence-electron chi connectivity index (χ0n) is 11.9. The smallest absolute Gasteiger partial charge is 0.253 e. The third-order valence-corrected chi connectivity index (χ3v) is 3.81. The summed E-state index contributed by atoms with van der Waals surface area (Å²) in [5.74, 6) is -0.0443. The van der Waals surface area contributed by atoms with Gasteiger partial charge in [0.1, 0.15) is 0 Å². The number of halogens is 2. The van der Waals surface area contributed by atoms with Crippen LogP contribution in [0.4, 0.5) is 5.69 Å². The lowest BCUT2D eigenvalue weighted by Gasteiger charge is -2.13. The summed E-state index contributed by atoms with van der Waals surface area (Å²) in [7, 11) is 3.46. The predicted octanol–water partition coefficient (Wildman–Crippen LogP) is 4.42. The molecule has 0 aliphatic heterocycles. The van der Waals surface area contributed by atoms with Gasteiger partial charge in [0.05, 0.1) is 10.7 Å². The van der Waals surface area contributed by atoms with Gasteiger partial charge >= 0.3 is 0 Å². The molecule has 5 heteroatoms. The molecule has 0 spiro atoms. The number of nitrogens with one attached hydrogen (secondary N) is 1. The molecule has 110 valence electrons. The lowest BCUT2D eigenvalue weighted by atomic mass is 10.1. The number of amides is 1. The largest absolute Gasteiger partial charge is 0.380 e. The molecule has 0 aliphatic carbocycles. The number of carbonyl (C=O) groups excluding carboxylic acids is 1. The zero-order valence-corrected chi connectivity index (χ0v) is 14.2. The van der Waals surface area contributed by atoms with Gasteiger partial charge in [0.15, 0.2) is 0 Å². The van der Waals surface area contributed by atoms with Gasteiger partial charge in [0.2, 0.25) is 0 Å². The summed E-state index contributed by atoms with van der Waals surface area (Å²) in [6.07, 6.45) is 0. The normalized spacial score (nSPS) is 10.3. The summed E-state index contributed by atoms with van der Waals surface area (Å²) >= 11 is 9.63. The van der Waals surface area contributed by atoms with E-state index in [0.717, 1.165) is 15.7 Å². The second-order valence-electron chi connectivity index (χ2n) is 4.88. The molecular formula is C16H16BrClN2O. The van der Waals surface area contributed by atoms with Crippen LogP contribution in [0.1, 0.15) is 15.9 Å². The van der Waals surface area contributed by atoms with Crippen LogP contribution in [0.2, 0.25) is 5.02 Å². The third-order valence-electron chi connectivity index (χ3n) is 2.99. The predicted molar refractivity (Wildman–Crippen MR) is 90.9 cm³/mol. The van der Waals surface area contributed by atoms with Crippen LogP contribution in [0.25, 0.3) is 0 Å². The first-order chi connectivity index (χ1) is 9.97. The molecule has 0 bridgehead atoms. The Morgan fingerprint density at radius 1 is 1.24 bits per heavy atom. The van der Waals surface area contributed by atoms with Gasteiger partial charge in [0.25, 0.3) is 5.91 Å². The molecule has 0 fully saturated rings. The van der Waals surface area contributed by atoms with Crippen molar-refractivity contribution in [2.45, 2.75) is 6.54 Å². The highest BCUT2D eigenvalue weighted by Crippen LogP contribution is 2.24. The van der Waals surface area contributed by atoms with Crippen LogP contribution < -0.4 is 5.32 Å². The van der Waals surface area contributed by atoms with Crippen LogP contribution in [0.15, 0.2) is 46.9 Å². The third kappa shape index (κ3) is 4.22. The van der Waals surface area contributed by atoms with Crippen molar-refractivity contribution in [3.63, 3.8) is 0 Å². The van der Waals surface area contributed by atoms with Crippen LogP contribution in [0, 0.1) is 0 Å². The highest BCUT2D eigenvalue weighted by atomic mass is 79.9. The molecule has 0 heterocycles. The van der Waals surface area contributed by atoms with Gasteiger partial charge in [-0.3, -0.25) is 4.79 Å². The SMILES string of the molecule is CN(C)C(=O)c1ccc(Cl)c(NCc2cccc(Br)c2)c1. The Morgan fingerprint density at radius 3 is 2.67 bits per heavy atom. The van der Waals surface area contributed by atoms with Crippen molar-refractivity contribution < 1.29 is 4.79 Å². The minimum absolute atomic E-state index is 0.0443. The zero-order chi connectivity index (χ0) is 15.4. The molecule has 0 saturated carbocycles. The molecule has 0 aliphatic rings. The number of rotatable bonds is 4. The Labute approximate surface area is 138 Å². The average Bonchev–Trinajstić information content (AvgIpc) is 2.45. The maximum absolute atomic E-state index is 12.0. The molecular weight excluding hydrogens is 352 g/mol. The number of nitrogens with zero attached hydrogens (tertiary/aromatic N) is 1. The lowest BCUT2D eigenvalue weighted by Crippen LogP contribution is -2.21. The fourth-order valence-corrected chi connectivity index (χ4v) is 2.53. The summed E-state index contributed by atoms with van der Waals surface area (Å²) in [6, 6.07) is 13.3. The van der Waals surface area contributed by atoms with Crippen LogP contribution >= 0.6 is 27.5 Å². The Balaban J connectivity index is 2.16. The lowest BCUT2D eigenvalue weighted by molar-refractivity contribution is 0.0827. The van der Waals surface area contributed by atoms with Crippen molar-refractivity contribution in [1.29, 1.82) is 0 Å². The fourth-order valence-electron chi connectivity index (χ4n) is 1.90. The van der Waals surface area contributed by atoms with Crippen molar-refractivity contribution in [3.8, 4) is 0 Å². The molecule has 1 amide bonds. The number of hydrogen-bond donors (Lipinski definition) is 1. The molecule has 0 saturated heterocycles. The van der Waals surface area contributed by atoms with Crippen LogP contribution in [0.3, 0.4) is 0 Å². The highest BCUT2D eigenvalue weighted by molar-refractivity contribution is 9.10. The summed E-state index contributed by atoms with van der Waals surface area (Å²) in [5.41, 5.74) is 2.50. The van der Waals surface area contributed by atoms with Crippen molar-refractivity contribution in [3.05, 3.63) is 63.1 Å². The maximum Gasteiger partial charge on any atom is 0.253 e.